The van der Waals surface area contributed by atoms with Gasteiger partial charge in [0.15, 0.2) is 17.5 Å². The van der Waals surface area contributed by atoms with E-state index >= 15 is 0 Å². The number of hydrogen-bond donors (Lipinski definition) is 0. The number of hydrogen-bond acceptors (Lipinski definition) is 5. The van der Waals surface area contributed by atoms with Gasteiger partial charge < -0.3 is 9.64 Å². The second kappa shape index (κ2) is 11.4. The first kappa shape index (κ1) is 30.2. The van der Waals surface area contributed by atoms with Gasteiger partial charge in [0.2, 0.25) is 0 Å². The van der Waals surface area contributed by atoms with Crippen LogP contribution in [-0.2, 0) is 5.41 Å². The summed E-state index contributed by atoms with van der Waals surface area (Å²) in [6.07, 6.45) is 0. The Morgan fingerprint density at radius 1 is 0.500 bits per heavy atom. The number of para-hydroxylation sites is 2. The Balaban J connectivity index is 1.15. The highest BCUT2D eigenvalue weighted by Crippen LogP contribution is 2.51. The Labute approximate surface area is 294 Å². The van der Waals surface area contributed by atoms with Gasteiger partial charge in [-0.2, -0.15) is 0 Å². The van der Waals surface area contributed by atoms with E-state index in [4.69, 9.17) is 19.7 Å². The third kappa shape index (κ3) is 4.78. The van der Waals surface area contributed by atoms with Gasteiger partial charge in [-0.3, -0.25) is 0 Å². The van der Waals surface area contributed by atoms with Crippen molar-refractivity contribution >= 4 is 35.5 Å². The van der Waals surface area contributed by atoms with E-state index in [-0.39, 0.29) is 5.41 Å². The summed E-state index contributed by atoms with van der Waals surface area (Å²) in [6, 6.07) is 51.0. The Morgan fingerprint density at radius 2 is 0.960 bits per heavy atom. The van der Waals surface area contributed by atoms with Crippen LogP contribution in [0.5, 0.6) is 11.5 Å². The third-order valence-electron chi connectivity index (χ3n) is 10.4. The summed E-state index contributed by atoms with van der Waals surface area (Å²) in [5.41, 5.74) is 8.35. The Hall–Kier alpha value is -5.85. The van der Waals surface area contributed by atoms with Crippen molar-refractivity contribution in [1.82, 2.24) is 15.0 Å². The van der Waals surface area contributed by atoms with Crippen LogP contribution in [0.15, 0.2) is 146 Å². The highest BCUT2D eigenvalue weighted by Gasteiger charge is 2.39. The third-order valence-corrected chi connectivity index (χ3v) is 13.9. The van der Waals surface area contributed by atoms with Crippen LogP contribution in [-0.4, -0.2) is 23.0 Å². The molecule has 0 spiro atoms. The van der Waals surface area contributed by atoms with E-state index in [1.54, 1.807) is 0 Å². The van der Waals surface area contributed by atoms with E-state index in [2.05, 4.69) is 117 Å². The van der Waals surface area contributed by atoms with Crippen LogP contribution >= 0.6 is 0 Å². The summed E-state index contributed by atoms with van der Waals surface area (Å²) in [5.74, 6) is 3.55. The van der Waals surface area contributed by atoms with Crippen LogP contribution in [0.2, 0.25) is 13.1 Å². The quantitative estimate of drug-likeness (QED) is 0.175. The summed E-state index contributed by atoms with van der Waals surface area (Å²) in [6.45, 7) is 9.45. The molecule has 0 N–H and O–H groups in total. The number of anilines is 3. The van der Waals surface area contributed by atoms with Crippen LogP contribution in [0.3, 0.4) is 0 Å². The van der Waals surface area contributed by atoms with Gasteiger partial charge in [-0.25, -0.2) is 15.0 Å². The van der Waals surface area contributed by atoms with Gasteiger partial charge in [-0.15, -0.1) is 0 Å². The molecule has 0 amide bonds. The van der Waals surface area contributed by atoms with E-state index in [9.17, 15) is 0 Å². The van der Waals surface area contributed by atoms with Crippen LogP contribution in [0.4, 0.5) is 17.1 Å². The molecule has 6 heteroatoms. The van der Waals surface area contributed by atoms with Crippen molar-refractivity contribution in [1.29, 1.82) is 0 Å². The molecule has 3 heterocycles. The molecule has 242 valence electrons. The number of rotatable bonds is 4. The molecule has 2 aliphatic heterocycles. The Bertz CT molecular complexity index is 2320. The second-order valence-corrected chi connectivity index (χ2v) is 18.5. The minimum atomic E-state index is -1.88. The topological polar surface area (TPSA) is 51.1 Å². The fourth-order valence-corrected chi connectivity index (χ4v) is 10.6. The highest BCUT2D eigenvalue weighted by molar-refractivity contribution is 7.02. The molecule has 0 aliphatic carbocycles. The zero-order valence-corrected chi connectivity index (χ0v) is 29.6. The largest absolute Gasteiger partial charge is 0.457 e. The first-order valence-electron chi connectivity index (χ1n) is 17.1. The molecule has 6 aromatic carbocycles. The predicted molar refractivity (Wildman–Crippen MR) is 206 cm³/mol. The molecule has 0 fully saturated rings. The van der Waals surface area contributed by atoms with Gasteiger partial charge >= 0.3 is 0 Å². The van der Waals surface area contributed by atoms with Crippen LogP contribution in [0.25, 0.3) is 34.2 Å². The maximum absolute atomic E-state index is 6.86. The van der Waals surface area contributed by atoms with Crippen molar-refractivity contribution in [2.24, 2.45) is 0 Å². The summed E-state index contributed by atoms with van der Waals surface area (Å²) in [7, 11) is -1.88. The van der Waals surface area contributed by atoms with Crippen LogP contribution < -0.4 is 20.0 Å². The first-order valence-corrected chi connectivity index (χ1v) is 20.1. The van der Waals surface area contributed by atoms with Crippen molar-refractivity contribution in [2.45, 2.75) is 32.4 Å². The predicted octanol–water partition coefficient (Wildman–Crippen LogP) is 9.91. The lowest BCUT2D eigenvalue weighted by Gasteiger charge is -2.41. The number of aromatic nitrogens is 3. The van der Waals surface area contributed by atoms with Crippen molar-refractivity contribution in [3.05, 3.63) is 157 Å². The number of fused-ring (bicyclic) bond motifs is 4. The minimum absolute atomic E-state index is 0.282. The molecule has 0 atom stereocenters. The lowest BCUT2D eigenvalue weighted by Crippen LogP contribution is -2.58. The summed E-state index contributed by atoms with van der Waals surface area (Å²) in [4.78, 5) is 17.2. The first-order chi connectivity index (χ1) is 24.3. The van der Waals surface area contributed by atoms with Gasteiger partial charge in [0.25, 0.3) is 0 Å². The van der Waals surface area contributed by atoms with Gasteiger partial charge in [0.05, 0.1) is 0 Å². The minimum Gasteiger partial charge on any atom is -0.457 e. The molecule has 1 aromatic heterocycles. The van der Waals surface area contributed by atoms with Crippen molar-refractivity contribution < 1.29 is 4.74 Å². The van der Waals surface area contributed by atoms with E-state index in [1.165, 1.54) is 21.7 Å². The molecule has 0 bridgehead atoms. The molecule has 0 saturated carbocycles. The monoisotopic (exact) mass is 664 g/mol. The second-order valence-electron chi connectivity index (χ2n) is 14.2. The smallest absolute Gasteiger partial charge is 0.164 e. The zero-order valence-electron chi connectivity index (χ0n) is 28.6. The van der Waals surface area contributed by atoms with E-state index in [0.717, 1.165) is 45.0 Å². The maximum atomic E-state index is 6.86. The Kier molecular flexibility index (Phi) is 6.87. The maximum Gasteiger partial charge on any atom is 0.164 e. The molecular weight excluding hydrogens is 629 g/mol. The molecule has 0 radical (unpaired) electrons. The SMILES string of the molecule is CC1(C)c2ccc(-c3nc(-c4ccccc4)nc(-c4ccccc4)n3)cc2Oc2cc(N3c4ccccc4[Si](C)(C)c4ccccc43)ccc21. The average molecular weight is 665 g/mol. The van der Waals surface area contributed by atoms with Gasteiger partial charge in [-0.1, -0.05) is 142 Å². The van der Waals surface area contributed by atoms with Crippen molar-refractivity contribution in [3.8, 4) is 45.7 Å². The van der Waals surface area contributed by atoms with Crippen LogP contribution in [0, 0.1) is 0 Å². The molecule has 0 unspecified atom stereocenters. The molecule has 7 aromatic rings. The van der Waals surface area contributed by atoms with E-state index in [0.29, 0.717) is 17.5 Å². The van der Waals surface area contributed by atoms with Gasteiger partial charge in [-0.05, 0) is 34.6 Å². The lowest BCUT2D eigenvalue weighted by atomic mass is 9.75. The normalized spacial score (nSPS) is 14.8. The fraction of sp³-hybridized carbons (Fsp3) is 0.114. The van der Waals surface area contributed by atoms with Gasteiger partial charge in [0.1, 0.15) is 19.6 Å². The van der Waals surface area contributed by atoms with Gasteiger partial charge in [0, 0.05) is 56.4 Å². The molecular formula is C44H36N4OSi. The number of ether oxygens (including phenoxy) is 1. The standard InChI is InChI=1S/C44H36N4OSi/c1-44(2)33-25-23-31(43-46-41(29-15-7-5-8-16-29)45-42(47-43)30-17-9-6-10-18-30)27-37(33)49-38-28-32(24-26-34(38)44)48-35-19-11-13-21-39(35)50(3,4)40-22-14-12-20-36(40)48/h5-28H,1-4H3. The fourth-order valence-electron chi connectivity index (χ4n) is 7.66. The zero-order chi connectivity index (χ0) is 34.0. The number of benzene rings is 6. The highest BCUT2D eigenvalue weighted by atomic mass is 28.3. The molecule has 0 saturated heterocycles. The summed E-state index contributed by atoms with van der Waals surface area (Å²) >= 11 is 0. The molecule has 5 nitrogen and oxygen atoms in total. The van der Waals surface area contributed by atoms with Crippen LogP contribution in [0.1, 0.15) is 25.0 Å². The van der Waals surface area contributed by atoms with E-state index in [1.807, 2.05) is 60.7 Å². The molecule has 50 heavy (non-hydrogen) atoms. The van der Waals surface area contributed by atoms with Crippen molar-refractivity contribution in [2.75, 3.05) is 4.90 Å². The average Bonchev–Trinajstić information content (AvgIpc) is 3.15. The molecule has 2 aliphatic rings. The summed E-state index contributed by atoms with van der Waals surface area (Å²) in [5, 5.41) is 2.88. The Morgan fingerprint density at radius 3 is 1.52 bits per heavy atom. The molecule has 9 rings (SSSR count). The van der Waals surface area contributed by atoms with E-state index < -0.39 is 8.07 Å². The van der Waals surface area contributed by atoms with Crippen molar-refractivity contribution in [3.63, 3.8) is 0 Å². The number of nitrogens with zero attached hydrogens (tertiary/aromatic N) is 4. The lowest BCUT2D eigenvalue weighted by molar-refractivity contribution is 0.418. The summed E-state index contributed by atoms with van der Waals surface area (Å²) < 4.78 is 6.86.